The first-order valence-electron chi connectivity index (χ1n) is 7.24. The highest BCUT2D eigenvalue weighted by atomic mass is 35.5. The van der Waals surface area contributed by atoms with E-state index in [0.29, 0.717) is 23.4 Å². The van der Waals surface area contributed by atoms with Crippen molar-refractivity contribution in [3.05, 3.63) is 28.9 Å². The quantitative estimate of drug-likeness (QED) is 0.788. The molecule has 2 aliphatic rings. The van der Waals surface area contributed by atoms with Gasteiger partial charge in [0.25, 0.3) is 0 Å². The number of benzene rings is 1. The van der Waals surface area contributed by atoms with Crippen LogP contribution in [0.4, 0.5) is 0 Å². The van der Waals surface area contributed by atoms with Crippen LogP contribution in [0.2, 0.25) is 5.02 Å². The predicted molar refractivity (Wildman–Crippen MR) is 83.1 cm³/mol. The highest BCUT2D eigenvalue weighted by Gasteiger charge is 2.48. The lowest BCUT2D eigenvalue weighted by molar-refractivity contribution is -0.0552. The van der Waals surface area contributed by atoms with Crippen LogP contribution >= 0.6 is 11.6 Å². The van der Waals surface area contributed by atoms with E-state index in [-0.39, 0.29) is 11.3 Å². The Balaban J connectivity index is 1.57. The molecule has 2 aliphatic carbocycles. The van der Waals surface area contributed by atoms with Crippen LogP contribution in [0.25, 0.3) is 10.9 Å². The molecule has 1 heterocycles. The average molecular weight is 342 g/mol. The van der Waals surface area contributed by atoms with Gasteiger partial charge in [0.2, 0.25) is 10.0 Å². The van der Waals surface area contributed by atoms with Crippen molar-refractivity contribution in [3.63, 3.8) is 0 Å². The summed E-state index contributed by atoms with van der Waals surface area (Å²) in [6.45, 7) is 0. The maximum atomic E-state index is 11.9. The second kappa shape index (κ2) is 4.67. The van der Waals surface area contributed by atoms with E-state index < -0.39 is 15.6 Å². The maximum absolute atomic E-state index is 11.9. The number of aromatic nitrogens is 2. The minimum absolute atomic E-state index is 0.229. The number of fused-ring (bicyclic) bond motifs is 1. The molecule has 0 bridgehead atoms. The van der Waals surface area contributed by atoms with Crippen LogP contribution in [-0.2, 0) is 15.6 Å². The molecule has 2 aromatic rings. The van der Waals surface area contributed by atoms with Gasteiger partial charge in [0, 0.05) is 22.0 Å². The molecule has 3 N–H and O–H groups in total. The van der Waals surface area contributed by atoms with E-state index >= 15 is 0 Å². The molecule has 0 atom stereocenters. The first kappa shape index (κ1) is 14.4. The van der Waals surface area contributed by atoms with E-state index in [0.717, 1.165) is 23.7 Å². The molecule has 0 amide bonds. The maximum Gasteiger partial charge on any atom is 0.214 e. The summed E-state index contributed by atoms with van der Waals surface area (Å²) < 4.78 is 26.6. The smallest absolute Gasteiger partial charge is 0.214 e. The zero-order valence-corrected chi connectivity index (χ0v) is 13.3. The van der Waals surface area contributed by atoms with E-state index in [2.05, 4.69) is 14.9 Å². The summed E-state index contributed by atoms with van der Waals surface area (Å²) in [6.07, 6.45) is 3.80. The molecule has 1 aromatic heterocycles. The second-order valence-electron chi connectivity index (χ2n) is 6.29. The van der Waals surface area contributed by atoms with Crippen molar-refractivity contribution in [2.24, 2.45) is 0 Å². The van der Waals surface area contributed by atoms with E-state index in [1.807, 2.05) is 0 Å². The fourth-order valence-electron chi connectivity index (χ4n) is 3.15. The Morgan fingerprint density at radius 3 is 2.77 bits per heavy atom. The number of hydrogen-bond donors (Lipinski definition) is 3. The van der Waals surface area contributed by atoms with Crippen molar-refractivity contribution in [1.29, 1.82) is 0 Å². The van der Waals surface area contributed by atoms with E-state index in [4.69, 9.17) is 11.6 Å². The van der Waals surface area contributed by atoms with Gasteiger partial charge in [0.1, 0.15) is 0 Å². The molecule has 2 fully saturated rings. The van der Waals surface area contributed by atoms with Gasteiger partial charge in [-0.2, -0.15) is 5.10 Å². The summed E-state index contributed by atoms with van der Waals surface area (Å²) in [5.74, 6) is 0. The predicted octanol–water partition coefficient (Wildman–Crippen LogP) is 1.65. The molecule has 0 radical (unpaired) electrons. The molecule has 118 valence electrons. The summed E-state index contributed by atoms with van der Waals surface area (Å²) >= 11 is 6.10. The normalized spacial score (nSPS) is 28.7. The Morgan fingerprint density at radius 2 is 2.09 bits per heavy atom. The number of nitrogens with one attached hydrogen (secondary N) is 2. The van der Waals surface area contributed by atoms with Crippen LogP contribution in [0, 0.1) is 0 Å². The monoisotopic (exact) mass is 341 g/mol. The van der Waals surface area contributed by atoms with Gasteiger partial charge in [0.15, 0.2) is 0 Å². The fourth-order valence-corrected chi connectivity index (χ4v) is 4.96. The summed E-state index contributed by atoms with van der Waals surface area (Å²) in [7, 11) is -3.23. The molecule has 0 spiro atoms. The van der Waals surface area contributed by atoms with E-state index in [1.54, 1.807) is 18.3 Å². The van der Waals surface area contributed by atoms with E-state index in [1.165, 1.54) is 0 Å². The Hall–Kier alpha value is -1.15. The lowest BCUT2D eigenvalue weighted by Gasteiger charge is -2.44. The van der Waals surface area contributed by atoms with Gasteiger partial charge in [-0.3, -0.25) is 5.10 Å². The van der Waals surface area contributed by atoms with Crippen LogP contribution in [0.5, 0.6) is 0 Å². The molecule has 8 heteroatoms. The zero-order valence-electron chi connectivity index (χ0n) is 11.7. The van der Waals surface area contributed by atoms with Crippen LogP contribution < -0.4 is 4.72 Å². The molecular formula is C14H16ClN3O3S. The first-order valence-corrected chi connectivity index (χ1v) is 9.16. The number of aliphatic hydroxyl groups is 1. The van der Waals surface area contributed by atoms with Gasteiger partial charge in [-0.05, 0) is 37.8 Å². The molecule has 4 rings (SSSR count). The Morgan fingerprint density at radius 1 is 1.36 bits per heavy atom. The third-order valence-electron chi connectivity index (χ3n) is 4.48. The molecular weight excluding hydrogens is 326 g/mol. The van der Waals surface area contributed by atoms with Crippen molar-refractivity contribution in [2.75, 3.05) is 0 Å². The Kier molecular flexibility index (Phi) is 3.07. The summed E-state index contributed by atoms with van der Waals surface area (Å²) in [6, 6.07) is 3.26. The molecule has 22 heavy (non-hydrogen) atoms. The fraction of sp³-hybridized carbons (Fsp3) is 0.500. The highest BCUT2D eigenvalue weighted by Crippen LogP contribution is 2.45. The molecule has 2 saturated carbocycles. The van der Waals surface area contributed by atoms with E-state index in [9.17, 15) is 13.5 Å². The summed E-state index contributed by atoms with van der Waals surface area (Å²) in [5, 5.41) is 18.8. The van der Waals surface area contributed by atoms with Gasteiger partial charge in [-0.1, -0.05) is 11.6 Å². The van der Waals surface area contributed by atoms with Crippen LogP contribution in [-0.4, -0.2) is 35.0 Å². The van der Waals surface area contributed by atoms with Gasteiger partial charge in [0.05, 0.1) is 22.6 Å². The number of halogens is 1. The minimum Gasteiger partial charge on any atom is -0.385 e. The van der Waals surface area contributed by atoms with Crippen LogP contribution in [0.15, 0.2) is 18.3 Å². The number of rotatable bonds is 4. The summed E-state index contributed by atoms with van der Waals surface area (Å²) in [4.78, 5) is 0. The van der Waals surface area contributed by atoms with Crippen molar-refractivity contribution in [2.45, 2.75) is 42.6 Å². The first-order chi connectivity index (χ1) is 10.4. The van der Waals surface area contributed by atoms with Crippen molar-refractivity contribution < 1.29 is 13.5 Å². The Bertz CT molecular complexity index is 838. The zero-order chi connectivity index (χ0) is 15.5. The van der Waals surface area contributed by atoms with Crippen molar-refractivity contribution >= 4 is 32.5 Å². The van der Waals surface area contributed by atoms with Crippen LogP contribution in [0.1, 0.15) is 31.2 Å². The molecule has 1 aromatic carbocycles. The average Bonchev–Trinajstić information content (AvgIpc) is 3.16. The second-order valence-corrected chi connectivity index (χ2v) is 8.72. The highest BCUT2D eigenvalue weighted by molar-refractivity contribution is 7.90. The number of aromatic amines is 1. The van der Waals surface area contributed by atoms with Crippen LogP contribution in [0.3, 0.4) is 0 Å². The molecule has 0 saturated heterocycles. The summed E-state index contributed by atoms with van der Waals surface area (Å²) in [5.41, 5.74) is 0.344. The molecule has 6 nitrogen and oxygen atoms in total. The molecule has 0 aliphatic heterocycles. The lowest BCUT2D eigenvalue weighted by Crippen LogP contribution is -2.53. The van der Waals surface area contributed by atoms with Crippen molar-refractivity contribution in [1.82, 2.24) is 14.9 Å². The number of sulfonamides is 1. The van der Waals surface area contributed by atoms with Crippen molar-refractivity contribution in [3.8, 4) is 0 Å². The third-order valence-corrected chi connectivity index (χ3v) is 6.71. The number of nitrogens with zero attached hydrogens (tertiary/aromatic N) is 1. The molecule has 0 unspecified atom stereocenters. The standard InChI is InChI=1S/C14H16ClN3O3S/c15-9-3-8-7-16-17-13(8)12(4-9)14(19)5-10(6-14)18-22(20,21)11-1-2-11/h3-4,7,10-11,18-19H,1-2,5-6H2,(H,16,17). The Labute approximate surface area is 132 Å². The van der Waals surface area contributed by atoms with Gasteiger partial charge < -0.3 is 5.11 Å². The van der Waals surface area contributed by atoms with Gasteiger partial charge >= 0.3 is 0 Å². The topological polar surface area (TPSA) is 95.1 Å². The van der Waals surface area contributed by atoms with Gasteiger partial charge in [-0.25, -0.2) is 13.1 Å². The number of hydrogen-bond acceptors (Lipinski definition) is 4. The number of H-pyrrole nitrogens is 1. The largest absolute Gasteiger partial charge is 0.385 e. The SMILES string of the molecule is O=S(=O)(NC1CC(O)(c2cc(Cl)cc3cn[nH]c23)C1)C1CC1. The lowest BCUT2D eigenvalue weighted by atomic mass is 9.71. The minimum atomic E-state index is -3.23. The third kappa shape index (κ3) is 2.32. The van der Waals surface area contributed by atoms with Gasteiger partial charge in [-0.15, -0.1) is 0 Å².